The Bertz CT molecular complexity index is 611. The molecule has 0 bridgehead atoms. The maximum absolute atomic E-state index is 11.2. The van der Waals surface area contributed by atoms with Gasteiger partial charge in [0.15, 0.2) is 0 Å². The summed E-state index contributed by atoms with van der Waals surface area (Å²) in [5.41, 5.74) is 4.16. The van der Waals surface area contributed by atoms with Crippen LogP contribution in [-0.2, 0) is 9.05 Å². The Morgan fingerprint density at radius 2 is 2.00 bits per heavy atom. The molecule has 0 atom stereocenters. The number of rotatable bonds is 3. The highest BCUT2D eigenvalue weighted by molar-refractivity contribution is 8.13. The molecule has 7 nitrogen and oxygen atoms in total. The van der Waals surface area contributed by atoms with Crippen LogP contribution in [-0.4, -0.2) is 19.2 Å². The first kappa shape index (κ1) is 13.4. The maximum Gasteiger partial charge on any atom is 0.271 e. The van der Waals surface area contributed by atoms with Gasteiger partial charge in [-0.3, -0.25) is 14.9 Å². The lowest BCUT2D eigenvalue weighted by Gasteiger charge is -2.06. The molecule has 17 heavy (non-hydrogen) atoms. The van der Waals surface area contributed by atoms with Gasteiger partial charge in [0.05, 0.1) is 15.4 Å². The predicted molar refractivity (Wildman–Crippen MR) is 59.4 cm³/mol. The zero-order valence-electron chi connectivity index (χ0n) is 8.51. The van der Waals surface area contributed by atoms with Crippen molar-refractivity contribution in [2.24, 2.45) is 5.73 Å². The van der Waals surface area contributed by atoms with Crippen LogP contribution < -0.4 is 5.73 Å². The number of amides is 1. The molecular weight excluding hydrogens is 272 g/mol. The van der Waals surface area contributed by atoms with Crippen molar-refractivity contribution in [3.8, 4) is 0 Å². The third-order valence-electron chi connectivity index (χ3n) is 2.08. The predicted octanol–water partition coefficient (Wildman–Crippen LogP) is 0.930. The van der Waals surface area contributed by atoms with Crippen molar-refractivity contribution < 1.29 is 18.1 Å². The average Bonchev–Trinajstić information content (AvgIpc) is 2.15. The second-order valence-corrected chi connectivity index (χ2v) is 5.71. The Morgan fingerprint density at radius 3 is 2.35 bits per heavy atom. The van der Waals surface area contributed by atoms with E-state index in [1.165, 1.54) is 6.92 Å². The number of hydrogen-bond donors (Lipinski definition) is 1. The zero-order chi connectivity index (χ0) is 13.4. The van der Waals surface area contributed by atoms with Gasteiger partial charge in [0.25, 0.3) is 14.7 Å². The molecule has 0 spiro atoms. The second kappa shape index (κ2) is 4.30. The number of halogens is 1. The molecule has 0 saturated heterocycles. The number of benzene rings is 1. The molecule has 1 aromatic carbocycles. The fourth-order valence-corrected chi connectivity index (χ4v) is 2.51. The minimum absolute atomic E-state index is 0.0156. The van der Waals surface area contributed by atoms with Crippen LogP contribution in [0.1, 0.15) is 15.9 Å². The van der Waals surface area contributed by atoms with E-state index in [0.29, 0.717) is 0 Å². The van der Waals surface area contributed by atoms with E-state index in [1.807, 2.05) is 0 Å². The van der Waals surface area contributed by atoms with E-state index in [9.17, 15) is 23.3 Å². The third-order valence-corrected chi connectivity index (χ3v) is 3.53. The fraction of sp³-hybridized carbons (Fsp3) is 0.125. The molecule has 0 radical (unpaired) electrons. The lowest BCUT2D eigenvalue weighted by molar-refractivity contribution is -0.385. The molecule has 1 rings (SSSR count). The molecule has 2 N–H and O–H groups in total. The average molecular weight is 279 g/mol. The van der Waals surface area contributed by atoms with E-state index in [0.717, 1.165) is 12.1 Å². The third kappa shape index (κ3) is 2.71. The monoisotopic (exact) mass is 278 g/mol. The molecule has 0 aromatic heterocycles. The summed E-state index contributed by atoms with van der Waals surface area (Å²) in [5, 5.41) is 10.6. The molecule has 0 aliphatic carbocycles. The van der Waals surface area contributed by atoms with E-state index >= 15 is 0 Å². The summed E-state index contributed by atoms with van der Waals surface area (Å²) < 4.78 is 22.4. The Balaban J connectivity index is 3.73. The number of non-ortho nitro benzene ring substituents is 1. The molecule has 0 heterocycles. The van der Waals surface area contributed by atoms with Crippen LogP contribution in [0.25, 0.3) is 0 Å². The maximum atomic E-state index is 11.2. The molecule has 0 fully saturated rings. The zero-order valence-corrected chi connectivity index (χ0v) is 10.1. The fourth-order valence-electron chi connectivity index (χ4n) is 1.29. The first-order valence-corrected chi connectivity index (χ1v) is 6.49. The smallest absolute Gasteiger partial charge is 0.271 e. The van der Waals surface area contributed by atoms with E-state index in [1.54, 1.807) is 0 Å². The largest absolute Gasteiger partial charge is 0.366 e. The van der Waals surface area contributed by atoms with Gasteiger partial charge < -0.3 is 5.73 Å². The van der Waals surface area contributed by atoms with E-state index in [2.05, 4.69) is 0 Å². The Hall–Kier alpha value is -1.67. The van der Waals surface area contributed by atoms with Gasteiger partial charge in [-0.25, -0.2) is 8.42 Å². The number of carbonyl (C=O) groups is 1. The summed E-state index contributed by atoms with van der Waals surface area (Å²) >= 11 is 0. The van der Waals surface area contributed by atoms with Gasteiger partial charge >= 0.3 is 0 Å². The number of nitro benzene ring substituents is 1. The van der Waals surface area contributed by atoms with Crippen LogP contribution in [0, 0.1) is 17.0 Å². The van der Waals surface area contributed by atoms with E-state index in [-0.39, 0.29) is 11.1 Å². The summed E-state index contributed by atoms with van der Waals surface area (Å²) in [5.74, 6) is -0.965. The number of nitro groups is 1. The van der Waals surface area contributed by atoms with Crippen molar-refractivity contribution in [3.05, 3.63) is 33.4 Å². The Kier molecular flexibility index (Phi) is 3.39. The quantitative estimate of drug-likeness (QED) is 0.501. The molecule has 0 aliphatic rings. The lowest BCUT2D eigenvalue weighted by atomic mass is 10.1. The minimum Gasteiger partial charge on any atom is -0.366 e. The summed E-state index contributed by atoms with van der Waals surface area (Å²) in [6, 6.07) is 1.69. The van der Waals surface area contributed by atoms with Gasteiger partial charge in [0, 0.05) is 22.8 Å². The molecule has 1 aromatic rings. The van der Waals surface area contributed by atoms with Crippen LogP contribution in [0.5, 0.6) is 0 Å². The topological polar surface area (TPSA) is 120 Å². The highest BCUT2D eigenvalue weighted by Crippen LogP contribution is 2.27. The number of nitrogens with two attached hydrogens (primary N) is 1. The number of primary amides is 1. The highest BCUT2D eigenvalue weighted by Gasteiger charge is 2.23. The summed E-state index contributed by atoms with van der Waals surface area (Å²) in [6.45, 7) is 1.29. The van der Waals surface area contributed by atoms with Crippen LogP contribution in [0.3, 0.4) is 0 Å². The van der Waals surface area contributed by atoms with Gasteiger partial charge in [-0.2, -0.15) is 0 Å². The number of nitrogens with zero attached hydrogens (tertiary/aromatic N) is 1. The number of carbonyl (C=O) groups excluding carboxylic acids is 1. The highest BCUT2D eigenvalue weighted by atomic mass is 35.7. The van der Waals surface area contributed by atoms with Crippen molar-refractivity contribution in [1.29, 1.82) is 0 Å². The van der Waals surface area contributed by atoms with Crippen molar-refractivity contribution in [2.75, 3.05) is 0 Å². The van der Waals surface area contributed by atoms with Crippen molar-refractivity contribution in [3.63, 3.8) is 0 Å². The molecule has 1 amide bonds. The lowest BCUT2D eigenvalue weighted by Crippen LogP contribution is -2.14. The SMILES string of the molecule is Cc1c(C(N)=O)cc([N+](=O)[O-])cc1S(=O)(=O)Cl. The molecule has 0 aliphatic heterocycles. The van der Waals surface area contributed by atoms with Gasteiger partial charge in [0.1, 0.15) is 0 Å². The van der Waals surface area contributed by atoms with Crippen molar-refractivity contribution in [2.45, 2.75) is 11.8 Å². The Morgan fingerprint density at radius 1 is 1.47 bits per heavy atom. The van der Waals surface area contributed by atoms with Gasteiger partial charge in [-0.1, -0.05) is 0 Å². The standard InChI is InChI=1S/C8H7ClN2O5S/c1-4-6(8(10)12)2-5(11(13)14)3-7(4)17(9,15)16/h2-3H,1H3,(H2,10,12). The summed E-state index contributed by atoms with van der Waals surface area (Å²) in [6.07, 6.45) is 0. The first-order valence-electron chi connectivity index (χ1n) is 4.18. The van der Waals surface area contributed by atoms with Crippen molar-refractivity contribution in [1.82, 2.24) is 0 Å². The van der Waals surface area contributed by atoms with Crippen molar-refractivity contribution >= 4 is 31.3 Å². The minimum atomic E-state index is -4.19. The van der Waals surface area contributed by atoms with E-state index < -0.39 is 30.5 Å². The van der Waals surface area contributed by atoms with Crippen LogP contribution in [0.15, 0.2) is 17.0 Å². The second-order valence-electron chi connectivity index (χ2n) is 3.18. The molecule has 92 valence electrons. The molecule has 9 heteroatoms. The Labute approximate surface area is 101 Å². The summed E-state index contributed by atoms with van der Waals surface area (Å²) in [7, 11) is 0.929. The first-order chi connectivity index (χ1) is 7.64. The van der Waals surface area contributed by atoms with Crippen LogP contribution >= 0.6 is 10.7 Å². The molecule has 0 unspecified atom stereocenters. The van der Waals surface area contributed by atoms with Crippen LogP contribution in [0.2, 0.25) is 0 Å². The van der Waals surface area contributed by atoms with Crippen LogP contribution in [0.4, 0.5) is 5.69 Å². The van der Waals surface area contributed by atoms with E-state index in [4.69, 9.17) is 16.4 Å². The summed E-state index contributed by atoms with van der Waals surface area (Å²) in [4.78, 5) is 20.3. The van der Waals surface area contributed by atoms with Gasteiger partial charge in [-0.15, -0.1) is 0 Å². The van der Waals surface area contributed by atoms with Gasteiger partial charge in [0.2, 0.25) is 5.91 Å². The van der Waals surface area contributed by atoms with Gasteiger partial charge in [-0.05, 0) is 12.5 Å². The molecule has 0 saturated carbocycles. The molecular formula is C8H7ClN2O5S. The normalized spacial score (nSPS) is 11.2. The number of hydrogen-bond acceptors (Lipinski definition) is 5.